The maximum Gasteiger partial charge on any atom is 0.0471 e. The summed E-state index contributed by atoms with van der Waals surface area (Å²) >= 11 is 8.50. The van der Waals surface area contributed by atoms with Crippen LogP contribution in [-0.4, -0.2) is 30.1 Å². The van der Waals surface area contributed by atoms with Gasteiger partial charge in [-0.3, -0.25) is 0 Å². The van der Waals surface area contributed by atoms with Crippen LogP contribution in [0, 0.1) is 0 Å². The van der Waals surface area contributed by atoms with E-state index >= 15 is 0 Å². The molecule has 2 atom stereocenters. The molecular weight excluding hydrogens is 288 g/mol. The van der Waals surface area contributed by atoms with Crippen LogP contribution in [0.4, 0.5) is 5.69 Å². The van der Waals surface area contributed by atoms with E-state index in [0.717, 1.165) is 37.6 Å². The molecule has 1 aromatic rings. The first-order valence-corrected chi connectivity index (χ1v) is 8.81. The fourth-order valence-corrected chi connectivity index (χ4v) is 4.23. The van der Waals surface area contributed by atoms with Crippen molar-refractivity contribution in [3.63, 3.8) is 0 Å². The van der Waals surface area contributed by atoms with E-state index in [1.807, 2.05) is 0 Å². The number of nitrogens with zero attached hydrogens (tertiary/aromatic N) is 1. The van der Waals surface area contributed by atoms with Crippen LogP contribution in [0.2, 0.25) is 5.02 Å². The van der Waals surface area contributed by atoms with Crippen molar-refractivity contribution in [2.75, 3.05) is 24.5 Å². The predicted octanol–water partition coefficient (Wildman–Crippen LogP) is 4.17. The van der Waals surface area contributed by atoms with Gasteiger partial charge < -0.3 is 10.2 Å². The summed E-state index contributed by atoms with van der Waals surface area (Å²) in [5.74, 6) is 0. The Morgan fingerprint density at radius 3 is 2.60 bits per heavy atom. The summed E-state index contributed by atoms with van der Waals surface area (Å²) in [5.41, 5.74) is 2.45. The lowest BCUT2D eigenvalue weighted by atomic mass is 10.1. The van der Waals surface area contributed by atoms with E-state index in [2.05, 4.69) is 60.9 Å². The van der Waals surface area contributed by atoms with Gasteiger partial charge in [-0.1, -0.05) is 38.4 Å². The van der Waals surface area contributed by atoms with Gasteiger partial charge in [-0.25, -0.2) is 0 Å². The number of hydrogen-bond donors (Lipinski definition) is 1. The van der Waals surface area contributed by atoms with Crippen molar-refractivity contribution >= 4 is 29.1 Å². The molecule has 2 unspecified atom stereocenters. The highest BCUT2D eigenvalue weighted by Gasteiger charge is 2.22. The van der Waals surface area contributed by atoms with Gasteiger partial charge in [0, 0.05) is 40.8 Å². The highest BCUT2D eigenvalue weighted by Crippen LogP contribution is 2.30. The molecule has 0 spiro atoms. The van der Waals surface area contributed by atoms with Gasteiger partial charge >= 0.3 is 0 Å². The van der Waals surface area contributed by atoms with Crippen molar-refractivity contribution in [1.82, 2.24) is 5.32 Å². The molecule has 112 valence electrons. The van der Waals surface area contributed by atoms with E-state index in [-0.39, 0.29) is 0 Å². The van der Waals surface area contributed by atoms with Gasteiger partial charge in [0.2, 0.25) is 0 Å². The summed E-state index contributed by atoms with van der Waals surface area (Å²) in [6.45, 7) is 10.9. The summed E-state index contributed by atoms with van der Waals surface area (Å²) in [6.07, 6.45) is 1.15. The zero-order valence-corrected chi connectivity index (χ0v) is 14.2. The highest BCUT2D eigenvalue weighted by molar-refractivity contribution is 8.00. The molecule has 20 heavy (non-hydrogen) atoms. The Balaban J connectivity index is 2.04. The summed E-state index contributed by atoms with van der Waals surface area (Å²) in [7, 11) is 0. The fraction of sp³-hybridized carbons (Fsp3) is 0.625. The van der Waals surface area contributed by atoms with Crippen molar-refractivity contribution in [3.05, 3.63) is 28.8 Å². The van der Waals surface area contributed by atoms with Crippen molar-refractivity contribution < 1.29 is 0 Å². The molecule has 2 rings (SSSR count). The molecule has 1 aliphatic rings. The Hall–Kier alpha value is -0.380. The molecule has 0 amide bonds. The Morgan fingerprint density at radius 2 is 2.00 bits per heavy atom. The summed E-state index contributed by atoms with van der Waals surface area (Å²) in [5, 5.41) is 5.65. The third-order valence-electron chi connectivity index (χ3n) is 3.56. The number of halogens is 1. The second-order valence-electron chi connectivity index (χ2n) is 5.61. The molecule has 0 radical (unpaired) electrons. The van der Waals surface area contributed by atoms with Gasteiger partial charge in [0.25, 0.3) is 0 Å². The molecule has 1 fully saturated rings. The maximum absolute atomic E-state index is 6.43. The Morgan fingerprint density at radius 1 is 1.30 bits per heavy atom. The number of nitrogens with one attached hydrogen (secondary N) is 1. The quantitative estimate of drug-likeness (QED) is 0.822. The molecule has 4 heteroatoms. The zero-order chi connectivity index (χ0) is 14.5. The third kappa shape index (κ3) is 4.31. The molecule has 2 nitrogen and oxygen atoms in total. The van der Waals surface area contributed by atoms with Gasteiger partial charge in [0.1, 0.15) is 0 Å². The fourth-order valence-electron chi connectivity index (χ4n) is 2.66. The summed E-state index contributed by atoms with van der Waals surface area (Å²) < 4.78 is 0. The lowest BCUT2D eigenvalue weighted by Gasteiger charge is -2.36. The van der Waals surface area contributed by atoms with E-state index in [4.69, 9.17) is 11.6 Å². The van der Waals surface area contributed by atoms with Gasteiger partial charge in [0.15, 0.2) is 0 Å². The number of anilines is 1. The van der Waals surface area contributed by atoms with Crippen LogP contribution < -0.4 is 10.2 Å². The molecule has 1 heterocycles. The second-order valence-corrected chi connectivity index (χ2v) is 7.90. The van der Waals surface area contributed by atoms with Gasteiger partial charge in [-0.2, -0.15) is 11.8 Å². The minimum Gasteiger partial charge on any atom is -0.369 e. The Kier molecular flexibility index (Phi) is 6.06. The molecule has 1 aliphatic heterocycles. The standard InChI is InChI=1S/C16H25ClN2S/c1-4-7-18-9-14-5-6-15(8-16(14)17)19-10-12(2)20-13(3)11-19/h5-6,8,12-13,18H,4,7,9-11H2,1-3H3. The van der Waals surface area contributed by atoms with Gasteiger partial charge in [-0.05, 0) is 30.7 Å². The van der Waals surface area contributed by atoms with Crippen LogP contribution in [-0.2, 0) is 6.54 Å². The SMILES string of the molecule is CCCNCc1ccc(N2CC(C)SC(C)C2)cc1Cl. The average Bonchev–Trinajstić information content (AvgIpc) is 2.39. The molecule has 1 N–H and O–H groups in total. The van der Waals surface area contributed by atoms with E-state index < -0.39 is 0 Å². The van der Waals surface area contributed by atoms with E-state index in [1.165, 1.54) is 11.3 Å². The van der Waals surface area contributed by atoms with Crippen LogP contribution in [0.25, 0.3) is 0 Å². The minimum absolute atomic E-state index is 0.684. The van der Waals surface area contributed by atoms with Crippen LogP contribution >= 0.6 is 23.4 Å². The minimum atomic E-state index is 0.684. The van der Waals surface area contributed by atoms with Crippen molar-refractivity contribution in [3.8, 4) is 0 Å². The largest absolute Gasteiger partial charge is 0.369 e. The summed E-state index contributed by atoms with van der Waals surface area (Å²) in [6, 6.07) is 6.50. The number of rotatable bonds is 5. The van der Waals surface area contributed by atoms with Gasteiger partial charge in [0.05, 0.1) is 0 Å². The lowest BCUT2D eigenvalue weighted by Crippen LogP contribution is -2.40. The highest BCUT2D eigenvalue weighted by atomic mass is 35.5. The monoisotopic (exact) mass is 312 g/mol. The second kappa shape index (κ2) is 7.58. The van der Waals surface area contributed by atoms with Crippen LogP contribution in [0.5, 0.6) is 0 Å². The van der Waals surface area contributed by atoms with Crippen molar-refractivity contribution in [2.24, 2.45) is 0 Å². The molecule has 0 aliphatic carbocycles. The topological polar surface area (TPSA) is 15.3 Å². The van der Waals surface area contributed by atoms with E-state index in [9.17, 15) is 0 Å². The van der Waals surface area contributed by atoms with Crippen LogP contribution in [0.15, 0.2) is 18.2 Å². The molecule has 0 bridgehead atoms. The number of thioether (sulfide) groups is 1. The van der Waals surface area contributed by atoms with Crippen molar-refractivity contribution in [2.45, 2.75) is 44.2 Å². The van der Waals surface area contributed by atoms with E-state index in [0.29, 0.717) is 10.5 Å². The predicted molar refractivity (Wildman–Crippen MR) is 92.2 cm³/mol. The normalized spacial score (nSPS) is 23.1. The third-order valence-corrected chi connectivity index (χ3v) is 5.14. The smallest absolute Gasteiger partial charge is 0.0471 e. The first-order valence-electron chi connectivity index (χ1n) is 7.49. The Labute approximate surface area is 132 Å². The number of hydrogen-bond acceptors (Lipinski definition) is 3. The molecule has 0 saturated carbocycles. The maximum atomic E-state index is 6.43. The van der Waals surface area contributed by atoms with Crippen LogP contribution in [0.1, 0.15) is 32.8 Å². The first-order chi connectivity index (χ1) is 9.60. The number of benzene rings is 1. The van der Waals surface area contributed by atoms with E-state index in [1.54, 1.807) is 0 Å². The molecular formula is C16H25ClN2S. The Bertz CT molecular complexity index is 428. The van der Waals surface area contributed by atoms with Crippen LogP contribution in [0.3, 0.4) is 0 Å². The zero-order valence-electron chi connectivity index (χ0n) is 12.7. The average molecular weight is 313 g/mol. The molecule has 0 aromatic heterocycles. The first kappa shape index (κ1) is 16.0. The lowest BCUT2D eigenvalue weighted by molar-refractivity contribution is 0.675. The molecule has 1 aromatic carbocycles. The van der Waals surface area contributed by atoms with Gasteiger partial charge in [-0.15, -0.1) is 0 Å². The molecule has 1 saturated heterocycles. The van der Waals surface area contributed by atoms with Crippen molar-refractivity contribution in [1.29, 1.82) is 0 Å². The summed E-state index contributed by atoms with van der Waals surface area (Å²) in [4.78, 5) is 2.46.